The summed E-state index contributed by atoms with van der Waals surface area (Å²) in [5.74, 6) is 0.0436. The molecule has 0 aliphatic carbocycles. The molecule has 0 fully saturated rings. The number of carbonyl (C=O) groups is 1. The molecule has 13 heavy (non-hydrogen) atoms. The summed E-state index contributed by atoms with van der Waals surface area (Å²) in [5.41, 5.74) is 7.40. The fourth-order valence-electron chi connectivity index (χ4n) is 0.627. The number of primary amides is 1. The summed E-state index contributed by atoms with van der Waals surface area (Å²) in [7, 11) is 0. The van der Waals surface area contributed by atoms with Crippen molar-refractivity contribution in [3.05, 3.63) is 0 Å². The largest absolute Gasteiger partial charge is 0.380 e. The van der Waals surface area contributed by atoms with E-state index < -0.39 is 5.91 Å². The third-order valence-electron chi connectivity index (χ3n) is 1.12. The fraction of sp³-hybridized carbons (Fsp3) is 0.875. The lowest BCUT2D eigenvalue weighted by atomic mass is 10.2. The van der Waals surface area contributed by atoms with E-state index in [4.69, 9.17) is 15.3 Å². The molecule has 0 atom stereocenters. The van der Waals surface area contributed by atoms with Crippen LogP contribution in [0.3, 0.4) is 0 Å². The molecule has 0 aromatic carbocycles. The molecular weight excluding hydrogens is 172 g/mol. The van der Waals surface area contributed by atoms with Crippen molar-refractivity contribution in [1.29, 1.82) is 0 Å². The number of nitrogens with one attached hydrogen (secondary N) is 1. The molecule has 0 aromatic heterocycles. The number of ether oxygens (including phenoxy) is 1. The monoisotopic (exact) mass is 190 g/mol. The zero-order chi connectivity index (χ0) is 10.1. The third kappa shape index (κ3) is 11.3. The van der Waals surface area contributed by atoms with E-state index >= 15 is 0 Å². The second kappa shape index (κ2) is 7.97. The summed E-state index contributed by atoms with van der Waals surface area (Å²) in [5, 5.41) is 0. The Bertz CT molecular complexity index is 139. The number of nitrogens with two attached hydrogens (primary N) is 1. The van der Waals surface area contributed by atoms with Crippen molar-refractivity contribution in [1.82, 2.24) is 5.48 Å². The number of hydrogen-bond donors (Lipinski definition) is 2. The Labute approximate surface area is 78.5 Å². The highest BCUT2D eigenvalue weighted by molar-refractivity contribution is 5.74. The van der Waals surface area contributed by atoms with Crippen molar-refractivity contribution in [3.8, 4) is 0 Å². The van der Waals surface area contributed by atoms with Crippen LogP contribution in [0.25, 0.3) is 0 Å². The Kier molecular flexibility index (Phi) is 7.57. The topological polar surface area (TPSA) is 73.6 Å². The van der Waals surface area contributed by atoms with Crippen molar-refractivity contribution in [2.24, 2.45) is 11.7 Å². The van der Waals surface area contributed by atoms with Gasteiger partial charge in [-0.3, -0.25) is 9.63 Å². The van der Waals surface area contributed by atoms with Gasteiger partial charge in [0.2, 0.25) is 5.91 Å². The standard InChI is InChI=1S/C8H18N2O3/c1-7(2)5-12-4-3-10-13-6-8(9)11/h7,10H,3-6H2,1-2H3,(H2,9,11). The van der Waals surface area contributed by atoms with Crippen LogP contribution in [-0.4, -0.2) is 32.3 Å². The van der Waals surface area contributed by atoms with Gasteiger partial charge in [-0.05, 0) is 5.92 Å². The quantitative estimate of drug-likeness (QED) is 0.406. The first kappa shape index (κ1) is 12.3. The van der Waals surface area contributed by atoms with Crippen LogP contribution in [0, 0.1) is 5.92 Å². The molecular formula is C8H18N2O3. The smallest absolute Gasteiger partial charge is 0.245 e. The Morgan fingerprint density at radius 1 is 1.54 bits per heavy atom. The average molecular weight is 190 g/mol. The van der Waals surface area contributed by atoms with E-state index in [9.17, 15) is 4.79 Å². The summed E-state index contributed by atoms with van der Waals surface area (Å²) in [6, 6.07) is 0. The molecule has 0 heterocycles. The first-order chi connectivity index (χ1) is 6.13. The van der Waals surface area contributed by atoms with E-state index in [-0.39, 0.29) is 6.61 Å². The van der Waals surface area contributed by atoms with Crippen molar-refractivity contribution in [2.75, 3.05) is 26.4 Å². The average Bonchev–Trinajstić information content (AvgIpc) is 2.01. The van der Waals surface area contributed by atoms with Crippen molar-refractivity contribution in [2.45, 2.75) is 13.8 Å². The van der Waals surface area contributed by atoms with Crippen LogP contribution in [-0.2, 0) is 14.4 Å². The van der Waals surface area contributed by atoms with Gasteiger partial charge in [-0.15, -0.1) is 0 Å². The Morgan fingerprint density at radius 3 is 2.77 bits per heavy atom. The summed E-state index contributed by atoms with van der Waals surface area (Å²) in [6.07, 6.45) is 0. The minimum absolute atomic E-state index is 0.107. The molecule has 0 spiro atoms. The van der Waals surface area contributed by atoms with Crippen LogP contribution < -0.4 is 11.2 Å². The number of hydrogen-bond acceptors (Lipinski definition) is 4. The molecule has 0 unspecified atom stereocenters. The van der Waals surface area contributed by atoms with E-state index in [0.29, 0.717) is 19.1 Å². The predicted octanol–water partition coefficient (Wildman–Crippen LogP) is -0.334. The third-order valence-corrected chi connectivity index (χ3v) is 1.12. The van der Waals surface area contributed by atoms with Gasteiger partial charge in [0.05, 0.1) is 6.61 Å². The van der Waals surface area contributed by atoms with Gasteiger partial charge in [0, 0.05) is 13.2 Å². The minimum atomic E-state index is -0.490. The molecule has 1 amide bonds. The zero-order valence-corrected chi connectivity index (χ0v) is 8.21. The summed E-state index contributed by atoms with van der Waals surface area (Å²) in [6.45, 7) is 5.91. The molecule has 3 N–H and O–H groups in total. The maximum Gasteiger partial charge on any atom is 0.245 e. The summed E-state index contributed by atoms with van der Waals surface area (Å²) >= 11 is 0. The van der Waals surface area contributed by atoms with Crippen LogP contribution in [0.4, 0.5) is 0 Å². The van der Waals surface area contributed by atoms with Gasteiger partial charge in [0.15, 0.2) is 0 Å². The van der Waals surface area contributed by atoms with Crippen LogP contribution >= 0.6 is 0 Å². The lowest BCUT2D eigenvalue weighted by molar-refractivity contribution is -0.125. The van der Waals surface area contributed by atoms with Gasteiger partial charge >= 0.3 is 0 Å². The molecule has 5 nitrogen and oxygen atoms in total. The summed E-state index contributed by atoms with van der Waals surface area (Å²) in [4.78, 5) is 14.9. The van der Waals surface area contributed by atoms with Gasteiger partial charge in [0.25, 0.3) is 0 Å². The van der Waals surface area contributed by atoms with Crippen LogP contribution in [0.1, 0.15) is 13.8 Å². The first-order valence-electron chi connectivity index (χ1n) is 4.33. The van der Waals surface area contributed by atoms with Gasteiger partial charge in [-0.2, -0.15) is 5.48 Å². The van der Waals surface area contributed by atoms with Crippen LogP contribution in [0.5, 0.6) is 0 Å². The van der Waals surface area contributed by atoms with Gasteiger partial charge in [-0.1, -0.05) is 13.8 Å². The number of rotatable bonds is 8. The van der Waals surface area contributed by atoms with E-state index in [1.807, 2.05) is 0 Å². The molecule has 5 heteroatoms. The molecule has 0 aliphatic heterocycles. The molecule has 0 aliphatic rings. The number of carbonyl (C=O) groups excluding carboxylic acids is 1. The van der Waals surface area contributed by atoms with Crippen LogP contribution in [0.2, 0.25) is 0 Å². The normalized spacial score (nSPS) is 10.7. The lowest BCUT2D eigenvalue weighted by Gasteiger charge is -2.07. The van der Waals surface area contributed by atoms with Gasteiger partial charge < -0.3 is 10.5 Å². The minimum Gasteiger partial charge on any atom is -0.380 e. The van der Waals surface area contributed by atoms with E-state index in [0.717, 1.165) is 6.61 Å². The predicted molar refractivity (Wildman–Crippen MR) is 48.8 cm³/mol. The molecule has 78 valence electrons. The molecule has 0 aromatic rings. The Hall–Kier alpha value is -0.650. The van der Waals surface area contributed by atoms with Crippen molar-refractivity contribution < 1.29 is 14.4 Å². The highest BCUT2D eigenvalue weighted by Crippen LogP contribution is 1.90. The summed E-state index contributed by atoms with van der Waals surface area (Å²) < 4.78 is 5.24. The SMILES string of the molecule is CC(C)COCCNOCC(N)=O. The van der Waals surface area contributed by atoms with E-state index in [1.54, 1.807) is 0 Å². The van der Waals surface area contributed by atoms with E-state index in [1.165, 1.54) is 0 Å². The second-order valence-corrected chi connectivity index (χ2v) is 3.12. The van der Waals surface area contributed by atoms with Crippen molar-refractivity contribution in [3.63, 3.8) is 0 Å². The Balaban J connectivity index is 2.96. The number of hydroxylamine groups is 1. The van der Waals surface area contributed by atoms with E-state index in [2.05, 4.69) is 19.3 Å². The number of amides is 1. The van der Waals surface area contributed by atoms with Gasteiger partial charge in [0.1, 0.15) is 6.61 Å². The lowest BCUT2D eigenvalue weighted by Crippen LogP contribution is -2.27. The first-order valence-corrected chi connectivity index (χ1v) is 4.33. The molecule has 0 bridgehead atoms. The van der Waals surface area contributed by atoms with Gasteiger partial charge in [-0.25, -0.2) is 0 Å². The molecule has 0 rings (SSSR count). The molecule has 0 saturated heterocycles. The fourth-order valence-corrected chi connectivity index (χ4v) is 0.627. The maximum atomic E-state index is 10.2. The molecule has 0 radical (unpaired) electrons. The second-order valence-electron chi connectivity index (χ2n) is 3.12. The van der Waals surface area contributed by atoms with Crippen molar-refractivity contribution >= 4 is 5.91 Å². The highest BCUT2D eigenvalue weighted by atomic mass is 16.6. The van der Waals surface area contributed by atoms with Crippen LogP contribution in [0.15, 0.2) is 0 Å². The molecule has 0 saturated carbocycles. The Morgan fingerprint density at radius 2 is 2.23 bits per heavy atom. The highest BCUT2D eigenvalue weighted by Gasteiger charge is 1.94. The zero-order valence-electron chi connectivity index (χ0n) is 8.21. The maximum absolute atomic E-state index is 10.2.